The fourth-order valence-electron chi connectivity index (χ4n) is 1.96. The molecule has 1 amide bonds. The predicted molar refractivity (Wildman–Crippen MR) is 92.9 cm³/mol. The van der Waals surface area contributed by atoms with Gasteiger partial charge >= 0.3 is 12.3 Å². The number of rotatable bonds is 6. The highest BCUT2D eigenvalue weighted by molar-refractivity contribution is 5.94. The number of ether oxygens (including phenoxy) is 2. The number of anilines is 1. The first kappa shape index (κ1) is 20.0. The maximum Gasteiger partial charge on any atom is 0.573 e. The van der Waals surface area contributed by atoms with E-state index in [1.807, 2.05) is 31.2 Å². The molecule has 5 nitrogen and oxygen atoms in total. The summed E-state index contributed by atoms with van der Waals surface area (Å²) in [7, 11) is 0. The van der Waals surface area contributed by atoms with Gasteiger partial charge in [0.15, 0.2) is 6.61 Å². The molecule has 8 heteroatoms. The number of carbonyl (C=O) groups excluding carboxylic acids is 2. The number of hydrogen-bond acceptors (Lipinski definition) is 4. The van der Waals surface area contributed by atoms with Gasteiger partial charge in [-0.05, 0) is 42.8 Å². The number of carbonyl (C=O) groups is 2. The van der Waals surface area contributed by atoms with Crippen LogP contribution in [-0.2, 0) is 14.3 Å². The van der Waals surface area contributed by atoms with Crippen molar-refractivity contribution in [3.8, 4) is 5.75 Å². The summed E-state index contributed by atoms with van der Waals surface area (Å²) < 4.78 is 44.7. The highest BCUT2D eigenvalue weighted by Crippen LogP contribution is 2.23. The average Bonchev–Trinajstić information content (AvgIpc) is 2.60. The lowest BCUT2D eigenvalue weighted by Crippen LogP contribution is -2.20. The summed E-state index contributed by atoms with van der Waals surface area (Å²) >= 11 is 0. The van der Waals surface area contributed by atoms with Crippen molar-refractivity contribution in [1.29, 1.82) is 0 Å². The number of amides is 1. The van der Waals surface area contributed by atoms with E-state index in [2.05, 4.69) is 10.1 Å². The molecule has 0 unspecified atom stereocenters. The van der Waals surface area contributed by atoms with E-state index in [0.717, 1.165) is 23.3 Å². The molecule has 0 saturated carbocycles. The van der Waals surface area contributed by atoms with Crippen LogP contribution in [0.5, 0.6) is 5.75 Å². The standard InChI is InChI=1S/C19H16F3NO4/c1-13-2-4-14(5-3-13)6-11-18(25)26-12-17(24)23-15-7-9-16(10-8-15)27-19(20,21)22/h2-11H,12H2,1H3,(H,23,24)/b11-6+. The largest absolute Gasteiger partial charge is 0.573 e. The molecule has 2 rings (SSSR count). The lowest BCUT2D eigenvalue weighted by atomic mass is 10.1. The number of aryl methyl sites for hydroxylation is 1. The molecule has 27 heavy (non-hydrogen) atoms. The van der Waals surface area contributed by atoms with Gasteiger partial charge in [-0.15, -0.1) is 13.2 Å². The highest BCUT2D eigenvalue weighted by atomic mass is 19.4. The van der Waals surface area contributed by atoms with Crippen LogP contribution in [0.2, 0.25) is 0 Å². The second-order valence-electron chi connectivity index (χ2n) is 5.47. The number of nitrogens with one attached hydrogen (secondary N) is 1. The summed E-state index contributed by atoms with van der Waals surface area (Å²) in [6, 6.07) is 12.0. The molecule has 0 radical (unpaired) electrons. The van der Waals surface area contributed by atoms with Gasteiger partial charge in [0, 0.05) is 11.8 Å². The first-order valence-corrected chi connectivity index (χ1v) is 7.78. The Morgan fingerprint density at radius 3 is 2.26 bits per heavy atom. The maximum absolute atomic E-state index is 12.1. The van der Waals surface area contributed by atoms with Crippen LogP contribution in [0.15, 0.2) is 54.6 Å². The van der Waals surface area contributed by atoms with Crippen LogP contribution in [0, 0.1) is 6.92 Å². The first-order valence-electron chi connectivity index (χ1n) is 7.78. The third-order valence-electron chi connectivity index (χ3n) is 3.21. The Kier molecular flexibility index (Phi) is 6.59. The van der Waals surface area contributed by atoms with Crippen LogP contribution in [0.3, 0.4) is 0 Å². The van der Waals surface area contributed by atoms with Gasteiger partial charge in [-0.3, -0.25) is 4.79 Å². The molecule has 0 aromatic heterocycles. The number of halogens is 3. The summed E-state index contributed by atoms with van der Waals surface area (Å²) in [5, 5.41) is 2.39. The number of esters is 1. The van der Waals surface area contributed by atoms with Gasteiger partial charge in [-0.1, -0.05) is 29.8 Å². The predicted octanol–water partition coefficient (Wildman–Crippen LogP) is 4.09. The Balaban J connectivity index is 1.78. The minimum Gasteiger partial charge on any atom is -0.452 e. The maximum atomic E-state index is 12.1. The normalized spacial score (nSPS) is 11.3. The molecule has 0 spiro atoms. The first-order chi connectivity index (χ1) is 12.7. The van der Waals surface area contributed by atoms with Gasteiger partial charge < -0.3 is 14.8 Å². The van der Waals surface area contributed by atoms with Crippen molar-refractivity contribution in [2.45, 2.75) is 13.3 Å². The SMILES string of the molecule is Cc1ccc(/C=C/C(=O)OCC(=O)Nc2ccc(OC(F)(F)F)cc2)cc1. The second-order valence-corrected chi connectivity index (χ2v) is 5.47. The van der Waals surface area contributed by atoms with Crippen molar-refractivity contribution in [2.24, 2.45) is 0 Å². The number of hydrogen-bond donors (Lipinski definition) is 1. The molecular weight excluding hydrogens is 363 g/mol. The van der Waals surface area contributed by atoms with Crippen LogP contribution in [0.25, 0.3) is 6.08 Å². The number of alkyl halides is 3. The van der Waals surface area contributed by atoms with Gasteiger partial charge in [-0.25, -0.2) is 4.79 Å². The zero-order chi connectivity index (χ0) is 19.9. The molecule has 0 aliphatic rings. The molecule has 0 bridgehead atoms. The van der Waals surface area contributed by atoms with Gasteiger partial charge in [0.25, 0.3) is 5.91 Å². The molecule has 142 valence electrons. The minimum absolute atomic E-state index is 0.237. The van der Waals surface area contributed by atoms with Crippen molar-refractivity contribution < 1.29 is 32.2 Å². The summed E-state index contributed by atoms with van der Waals surface area (Å²) in [6.45, 7) is 1.41. The fourth-order valence-corrected chi connectivity index (χ4v) is 1.96. The van der Waals surface area contributed by atoms with Crippen molar-refractivity contribution >= 4 is 23.6 Å². The van der Waals surface area contributed by atoms with E-state index in [0.29, 0.717) is 0 Å². The Bertz CT molecular complexity index is 812. The fraction of sp³-hybridized carbons (Fsp3) is 0.158. The molecule has 0 heterocycles. The molecule has 0 atom stereocenters. The van der Waals surface area contributed by atoms with Gasteiger partial charge in [-0.2, -0.15) is 0 Å². The zero-order valence-electron chi connectivity index (χ0n) is 14.2. The molecule has 0 aliphatic heterocycles. The Labute approximate surface area is 153 Å². The third kappa shape index (κ3) is 7.64. The van der Waals surface area contributed by atoms with Crippen molar-refractivity contribution in [3.63, 3.8) is 0 Å². The smallest absolute Gasteiger partial charge is 0.452 e. The van der Waals surface area contributed by atoms with E-state index in [1.165, 1.54) is 18.2 Å². The van der Waals surface area contributed by atoms with Crippen molar-refractivity contribution in [3.05, 3.63) is 65.7 Å². The van der Waals surface area contributed by atoms with E-state index in [1.54, 1.807) is 6.08 Å². The van der Waals surface area contributed by atoms with E-state index in [-0.39, 0.29) is 5.69 Å². The summed E-state index contributed by atoms with van der Waals surface area (Å²) in [6.07, 6.45) is -2.04. The van der Waals surface area contributed by atoms with Crippen LogP contribution < -0.4 is 10.1 Å². The lowest BCUT2D eigenvalue weighted by Gasteiger charge is -2.10. The van der Waals surface area contributed by atoms with Gasteiger partial charge in [0.2, 0.25) is 0 Å². The monoisotopic (exact) mass is 379 g/mol. The lowest BCUT2D eigenvalue weighted by molar-refractivity contribution is -0.274. The summed E-state index contributed by atoms with van der Waals surface area (Å²) in [5.41, 5.74) is 2.13. The van der Waals surface area contributed by atoms with Crippen LogP contribution in [0.1, 0.15) is 11.1 Å². The molecule has 0 fully saturated rings. The van der Waals surface area contributed by atoms with E-state index in [9.17, 15) is 22.8 Å². The highest BCUT2D eigenvalue weighted by Gasteiger charge is 2.30. The molecule has 0 saturated heterocycles. The number of benzene rings is 2. The average molecular weight is 379 g/mol. The molecule has 2 aromatic carbocycles. The Morgan fingerprint density at radius 2 is 1.67 bits per heavy atom. The minimum atomic E-state index is -4.79. The topological polar surface area (TPSA) is 64.6 Å². The third-order valence-corrected chi connectivity index (χ3v) is 3.21. The van der Waals surface area contributed by atoms with E-state index in [4.69, 9.17) is 4.74 Å². The van der Waals surface area contributed by atoms with Crippen LogP contribution in [0.4, 0.5) is 18.9 Å². The zero-order valence-corrected chi connectivity index (χ0v) is 14.2. The Hall–Kier alpha value is -3.29. The Morgan fingerprint density at radius 1 is 1.04 bits per heavy atom. The van der Waals surface area contributed by atoms with Gasteiger partial charge in [0.05, 0.1) is 0 Å². The van der Waals surface area contributed by atoms with Crippen LogP contribution in [-0.4, -0.2) is 24.8 Å². The molecule has 0 aliphatic carbocycles. The van der Waals surface area contributed by atoms with E-state index >= 15 is 0 Å². The van der Waals surface area contributed by atoms with Crippen LogP contribution >= 0.6 is 0 Å². The molecular formula is C19H16F3NO4. The second kappa shape index (κ2) is 8.88. The molecule has 1 N–H and O–H groups in total. The molecule has 2 aromatic rings. The van der Waals surface area contributed by atoms with E-state index < -0.39 is 30.6 Å². The van der Waals surface area contributed by atoms with Gasteiger partial charge in [0.1, 0.15) is 5.75 Å². The quantitative estimate of drug-likeness (QED) is 0.607. The summed E-state index contributed by atoms with van der Waals surface area (Å²) in [4.78, 5) is 23.3. The van der Waals surface area contributed by atoms with Crippen molar-refractivity contribution in [1.82, 2.24) is 0 Å². The summed E-state index contributed by atoms with van der Waals surface area (Å²) in [5.74, 6) is -1.73. The van der Waals surface area contributed by atoms with Crippen molar-refractivity contribution in [2.75, 3.05) is 11.9 Å².